The number of aromatic nitrogens is 1. The first-order valence-electron chi connectivity index (χ1n) is 6.12. The van der Waals surface area contributed by atoms with Gasteiger partial charge in [0.15, 0.2) is 0 Å². The average molecular weight is 342 g/mol. The summed E-state index contributed by atoms with van der Waals surface area (Å²) in [4.78, 5) is 16.5. The Morgan fingerprint density at radius 2 is 2.20 bits per heavy atom. The van der Waals surface area contributed by atoms with Crippen molar-refractivity contribution < 1.29 is 9.53 Å². The SMILES string of the molecule is COCC1(C(=O)NCc2cscn2)CCNCC1.Cl.Cl. The molecule has 0 unspecified atom stereocenters. The van der Waals surface area contributed by atoms with Gasteiger partial charge >= 0.3 is 0 Å². The number of methoxy groups -OCH3 is 1. The Morgan fingerprint density at radius 1 is 1.50 bits per heavy atom. The fourth-order valence-electron chi connectivity index (χ4n) is 2.30. The molecule has 1 aromatic heterocycles. The first-order valence-corrected chi connectivity index (χ1v) is 7.06. The van der Waals surface area contributed by atoms with Gasteiger partial charge in [-0.1, -0.05) is 0 Å². The minimum absolute atomic E-state index is 0. The Morgan fingerprint density at radius 3 is 2.75 bits per heavy atom. The Hall–Kier alpha value is -0.400. The molecular weight excluding hydrogens is 321 g/mol. The first-order chi connectivity index (χ1) is 8.77. The number of carbonyl (C=O) groups excluding carboxylic acids is 1. The summed E-state index contributed by atoms with van der Waals surface area (Å²) in [6.07, 6.45) is 1.65. The van der Waals surface area contributed by atoms with Crippen molar-refractivity contribution in [3.8, 4) is 0 Å². The van der Waals surface area contributed by atoms with Gasteiger partial charge in [0.2, 0.25) is 5.91 Å². The number of piperidine rings is 1. The van der Waals surface area contributed by atoms with E-state index in [4.69, 9.17) is 4.74 Å². The maximum Gasteiger partial charge on any atom is 0.228 e. The van der Waals surface area contributed by atoms with Gasteiger partial charge in [0.05, 0.1) is 29.8 Å². The number of rotatable bonds is 5. The summed E-state index contributed by atoms with van der Waals surface area (Å²) in [5.74, 6) is 0.0823. The first kappa shape index (κ1) is 19.6. The van der Waals surface area contributed by atoms with Crippen LogP contribution in [-0.2, 0) is 16.1 Å². The Balaban J connectivity index is 0.00000180. The average Bonchev–Trinajstić information content (AvgIpc) is 2.90. The van der Waals surface area contributed by atoms with Crippen LogP contribution in [0.25, 0.3) is 0 Å². The molecule has 0 bridgehead atoms. The van der Waals surface area contributed by atoms with Crippen LogP contribution >= 0.6 is 36.2 Å². The van der Waals surface area contributed by atoms with E-state index in [-0.39, 0.29) is 36.1 Å². The van der Waals surface area contributed by atoms with Crippen molar-refractivity contribution in [3.63, 3.8) is 0 Å². The number of nitrogens with zero attached hydrogens (tertiary/aromatic N) is 1. The van der Waals surface area contributed by atoms with Crippen LogP contribution in [0.15, 0.2) is 10.9 Å². The molecule has 2 heterocycles. The fourth-order valence-corrected chi connectivity index (χ4v) is 2.86. The number of halogens is 2. The zero-order chi connectivity index (χ0) is 12.8. The molecule has 5 nitrogen and oxygen atoms in total. The van der Waals surface area contributed by atoms with Crippen LogP contribution < -0.4 is 10.6 Å². The van der Waals surface area contributed by atoms with Gasteiger partial charge in [-0.25, -0.2) is 4.98 Å². The van der Waals surface area contributed by atoms with Crippen molar-refractivity contribution in [2.45, 2.75) is 19.4 Å². The molecule has 1 amide bonds. The smallest absolute Gasteiger partial charge is 0.228 e. The van der Waals surface area contributed by atoms with Gasteiger partial charge in [-0.2, -0.15) is 0 Å². The molecule has 116 valence electrons. The van der Waals surface area contributed by atoms with E-state index in [0.29, 0.717) is 13.2 Å². The van der Waals surface area contributed by atoms with E-state index in [1.54, 1.807) is 12.6 Å². The summed E-state index contributed by atoms with van der Waals surface area (Å²) in [6.45, 7) is 2.72. The number of thiazole rings is 1. The maximum atomic E-state index is 12.4. The lowest BCUT2D eigenvalue weighted by molar-refractivity contribution is -0.136. The number of nitrogens with one attached hydrogen (secondary N) is 2. The van der Waals surface area contributed by atoms with Gasteiger partial charge in [-0.15, -0.1) is 36.2 Å². The zero-order valence-electron chi connectivity index (χ0n) is 11.4. The van der Waals surface area contributed by atoms with Crippen molar-refractivity contribution >= 4 is 42.1 Å². The predicted molar refractivity (Wildman–Crippen MR) is 84.9 cm³/mol. The Labute approximate surface area is 135 Å². The molecule has 2 N–H and O–H groups in total. The van der Waals surface area contributed by atoms with Crippen LogP contribution in [0.2, 0.25) is 0 Å². The molecule has 1 fully saturated rings. The molecule has 0 radical (unpaired) electrons. The second-order valence-corrected chi connectivity index (χ2v) is 5.34. The third-order valence-electron chi connectivity index (χ3n) is 3.38. The third kappa shape index (κ3) is 4.86. The van der Waals surface area contributed by atoms with Crippen molar-refractivity contribution in [3.05, 3.63) is 16.6 Å². The summed E-state index contributed by atoms with van der Waals surface area (Å²) in [5.41, 5.74) is 2.31. The van der Waals surface area contributed by atoms with Crippen LogP contribution in [-0.4, -0.2) is 37.7 Å². The largest absolute Gasteiger partial charge is 0.384 e. The fraction of sp³-hybridized carbons (Fsp3) is 0.667. The topological polar surface area (TPSA) is 63.2 Å². The Bertz CT molecular complexity index is 379. The Kier molecular flexibility index (Phi) is 9.33. The summed E-state index contributed by atoms with van der Waals surface area (Å²) >= 11 is 1.54. The normalized spacial score (nSPS) is 16.6. The lowest BCUT2D eigenvalue weighted by atomic mass is 9.78. The van der Waals surface area contributed by atoms with Crippen LogP contribution in [0.4, 0.5) is 0 Å². The van der Waals surface area contributed by atoms with Crippen LogP contribution in [0, 0.1) is 5.41 Å². The molecule has 20 heavy (non-hydrogen) atoms. The van der Waals surface area contributed by atoms with Crippen molar-refractivity contribution in [2.75, 3.05) is 26.8 Å². The number of carbonyl (C=O) groups is 1. The van der Waals surface area contributed by atoms with Crippen molar-refractivity contribution in [1.82, 2.24) is 15.6 Å². The monoisotopic (exact) mass is 341 g/mol. The van der Waals surface area contributed by atoms with E-state index in [1.807, 2.05) is 5.38 Å². The van der Waals surface area contributed by atoms with E-state index in [0.717, 1.165) is 31.6 Å². The quantitative estimate of drug-likeness (QED) is 0.854. The standard InChI is InChI=1S/C12H19N3O2S.2ClH/c1-17-8-12(2-4-13-5-3-12)11(16)14-6-10-7-18-9-15-10;;/h7,9,13H,2-6,8H2,1H3,(H,14,16);2*1H. The lowest BCUT2D eigenvalue weighted by Gasteiger charge is -2.35. The summed E-state index contributed by atoms with van der Waals surface area (Å²) < 4.78 is 5.24. The van der Waals surface area contributed by atoms with Gasteiger partial charge in [0, 0.05) is 12.5 Å². The van der Waals surface area contributed by atoms with Crippen molar-refractivity contribution in [2.24, 2.45) is 5.41 Å². The van der Waals surface area contributed by atoms with Gasteiger partial charge < -0.3 is 15.4 Å². The lowest BCUT2D eigenvalue weighted by Crippen LogP contribution is -2.50. The van der Waals surface area contributed by atoms with E-state index in [9.17, 15) is 4.79 Å². The molecule has 0 aliphatic carbocycles. The molecule has 0 saturated carbocycles. The molecule has 0 atom stereocenters. The molecule has 0 aromatic carbocycles. The second kappa shape index (κ2) is 9.52. The summed E-state index contributed by atoms with van der Waals surface area (Å²) in [5, 5.41) is 8.20. The minimum Gasteiger partial charge on any atom is -0.384 e. The molecule has 1 aliphatic rings. The van der Waals surface area contributed by atoms with Crippen LogP contribution in [0.3, 0.4) is 0 Å². The molecule has 8 heteroatoms. The van der Waals surface area contributed by atoms with E-state index in [2.05, 4.69) is 15.6 Å². The second-order valence-electron chi connectivity index (χ2n) is 4.63. The predicted octanol–water partition coefficient (Wildman–Crippen LogP) is 1.62. The number of hydrogen-bond donors (Lipinski definition) is 2. The van der Waals surface area contributed by atoms with E-state index >= 15 is 0 Å². The molecule has 1 aromatic rings. The number of ether oxygens (including phenoxy) is 1. The van der Waals surface area contributed by atoms with E-state index in [1.165, 1.54) is 11.3 Å². The summed E-state index contributed by atoms with van der Waals surface area (Å²) in [7, 11) is 1.65. The minimum atomic E-state index is -0.379. The van der Waals surface area contributed by atoms with Gasteiger partial charge in [-0.05, 0) is 25.9 Å². The summed E-state index contributed by atoms with van der Waals surface area (Å²) in [6, 6.07) is 0. The van der Waals surface area contributed by atoms with Gasteiger partial charge in [-0.3, -0.25) is 4.79 Å². The molecule has 1 saturated heterocycles. The van der Waals surface area contributed by atoms with Crippen LogP contribution in [0.5, 0.6) is 0 Å². The highest BCUT2D eigenvalue weighted by Gasteiger charge is 2.39. The highest BCUT2D eigenvalue weighted by Crippen LogP contribution is 2.29. The molecule has 0 spiro atoms. The van der Waals surface area contributed by atoms with Crippen molar-refractivity contribution in [1.29, 1.82) is 0 Å². The van der Waals surface area contributed by atoms with Gasteiger partial charge in [0.1, 0.15) is 0 Å². The molecule has 1 aliphatic heterocycles. The molecule has 2 rings (SSSR count). The highest BCUT2D eigenvalue weighted by atomic mass is 35.5. The zero-order valence-corrected chi connectivity index (χ0v) is 13.8. The number of hydrogen-bond acceptors (Lipinski definition) is 5. The third-order valence-corrected chi connectivity index (χ3v) is 4.01. The van der Waals surface area contributed by atoms with E-state index < -0.39 is 0 Å². The van der Waals surface area contributed by atoms with Crippen LogP contribution in [0.1, 0.15) is 18.5 Å². The van der Waals surface area contributed by atoms with Gasteiger partial charge in [0.25, 0.3) is 0 Å². The number of amides is 1. The highest BCUT2D eigenvalue weighted by molar-refractivity contribution is 7.07. The molecular formula is C12H21Cl2N3O2S. The maximum absolute atomic E-state index is 12.4.